The number of sulfonamides is 2. The second-order valence-electron chi connectivity index (χ2n) is 19.2. The van der Waals surface area contributed by atoms with E-state index in [0.29, 0.717) is 85.4 Å². The van der Waals surface area contributed by atoms with Gasteiger partial charge in [0.05, 0.1) is 79.0 Å². The van der Waals surface area contributed by atoms with Crippen LogP contribution in [0.2, 0.25) is 0 Å². The van der Waals surface area contributed by atoms with Crippen LogP contribution in [0.5, 0.6) is 11.5 Å². The first kappa shape index (κ1) is 54.8. The number of carbonyl (C=O) groups is 2. The highest BCUT2D eigenvalue weighted by atomic mass is 32.2. The van der Waals surface area contributed by atoms with Gasteiger partial charge in [-0.05, 0) is 106 Å². The molecule has 6 aliphatic rings. The molecule has 414 valence electrons. The molecule has 2 spiro atoms. The number of aromatic nitrogens is 3. The predicted octanol–water partition coefficient (Wildman–Crippen LogP) is 6.10. The van der Waals surface area contributed by atoms with Gasteiger partial charge in [0.25, 0.3) is 23.4 Å². The summed E-state index contributed by atoms with van der Waals surface area (Å²) in [4.78, 5) is 29.8. The highest BCUT2D eigenvalue weighted by Crippen LogP contribution is 2.48. The summed E-state index contributed by atoms with van der Waals surface area (Å²) < 4.78 is 149. The Labute approximate surface area is 448 Å². The number of aryl methyl sites for hydroxylation is 1. The van der Waals surface area contributed by atoms with Crippen LogP contribution in [0.3, 0.4) is 0 Å². The maximum atomic E-state index is 14.1. The summed E-state index contributed by atoms with van der Waals surface area (Å²) in [6.45, 7) is 4.20. The van der Waals surface area contributed by atoms with Gasteiger partial charge in [0.15, 0.2) is 23.1 Å². The van der Waals surface area contributed by atoms with Crippen molar-refractivity contribution in [1.29, 1.82) is 0 Å². The molecule has 2 atom stereocenters. The number of fused-ring (bicyclic) bond motifs is 4. The SMILES string of the molecule is C#CCN1C(=O)C2(OCCCO2)c2cc(S(=O)(=O)N3CCC[C@H]3COc3ccc(F)cc3F)ccc21.CCCn1cc(CN2C(=O)C3(OCCCO3)c3cc(S(=O)(=O)N4CCC[C@H]4COc4ccc(F)cc4F)ccc32)nn1. The molecule has 0 N–H and O–H groups in total. The fourth-order valence-electron chi connectivity index (χ4n) is 10.5. The largest absolute Gasteiger partial charge is 0.489 e. The topological polar surface area (TPSA) is 201 Å². The van der Waals surface area contributed by atoms with E-state index in [1.807, 2.05) is 6.92 Å². The normalized spacial score (nSPS) is 20.9. The molecule has 0 radical (unpaired) electrons. The lowest BCUT2D eigenvalue weighted by molar-refractivity contribution is -0.256. The molecule has 1 aromatic heterocycles. The number of terminal acetylenes is 1. The van der Waals surface area contributed by atoms with Gasteiger partial charge in [-0.3, -0.25) is 19.2 Å². The molecule has 19 nitrogen and oxygen atoms in total. The molecular weight excluding hydrogens is 1070 g/mol. The van der Waals surface area contributed by atoms with Crippen molar-refractivity contribution in [1.82, 2.24) is 23.6 Å². The van der Waals surface area contributed by atoms with E-state index in [2.05, 4.69) is 16.2 Å². The van der Waals surface area contributed by atoms with Gasteiger partial charge in [0.2, 0.25) is 20.0 Å². The minimum atomic E-state index is -4.05. The summed E-state index contributed by atoms with van der Waals surface area (Å²) in [5.74, 6) is -5.48. The van der Waals surface area contributed by atoms with Crippen LogP contribution in [0.15, 0.2) is 88.8 Å². The first-order chi connectivity index (χ1) is 37.5. The van der Waals surface area contributed by atoms with Crippen LogP contribution < -0.4 is 19.3 Å². The molecule has 78 heavy (non-hydrogen) atoms. The van der Waals surface area contributed by atoms with E-state index in [9.17, 15) is 44.0 Å². The number of anilines is 2. The van der Waals surface area contributed by atoms with Gasteiger partial charge >= 0.3 is 0 Å². The van der Waals surface area contributed by atoms with Crippen molar-refractivity contribution in [2.24, 2.45) is 0 Å². The van der Waals surface area contributed by atoms with E-state index < -0.39 is 78.8 Å². The lowest BCUT2D eigenvalue weighted by atomic mass is 10.1. The van der Waals surface area contributed by atoms with Crippen molar-refractivity contribution in [3.05, 3.63) is 119 Å². The Morgan fingerprint density at radius 2 is 1.14 bits per heavy atom. The van der Waals surface area contributed by atoms with Gasteiger partial charge in [0, 0.05) is 42.9 Å². The zero-order valence-electron chi connectivity index (χ0n) is 42.3. The van der Waals surface area contributed by atoms with Crippen molar-refractivity contribution in [2.75, 3.05) is 69.1 Å². The number of benzene rings is 4. The molecule has 25 heteroatoms. The molecule has 2 amide bonds. The van der Waals surface area contributed by atoms with Gasteiger partial charge < -0.3 is 33.3 Å². The molecule has 4 aromatic carbocycles. The minimum Gasteiger partial charge on any atom is -0.489 e. The highest BCUT2D eigenvalue weighted by molar-refractivity contribution is 7.89. The van der Waals surface area contributed by atoms with Gasteiger partial charge in [-0.2, -0.15) is 8.61 Å². The summed E-state index contributed by atoms with van der Waals surface area (Å²) >= 11 is 0. The Bertz CT molecular complexity index is 3370. The van der Waals surface area contributed by atoms with Crippen LogP contribution in [-0.2, 0) is 73.2 Å². The van der Waals surface area contributed by atoms with Crippen LogP contribution in [0.1, 0.15) is 68.7 Å². The molecule has 6 aliphatic heterocycles. The standard InChI is InChI=1S/C28H31F2N5O6S.C25H24F2N2O6S/c1-2-10-33-16-20(31-32-33)17-34-25-8-7-22(15-23(25)28(27(34)36)40-12-4-13-41-28)42(37,38)35-11-3-5-21(35)18-39-26-9-6-19(29)14-24(26)30;1-2-10-28-22-8-7-19(15-20(22)25(24(28)30)34-12-4-13-35-25)36(31,32)29-11-3-5-18(29)16-33-23-9-6-17(26)14-21(23)27/h6-9,14-16,21H,2-5,10-13,17-18H2,1H3;1,6-9,14-15,18H,3-5,10-13,16H2/t21-;18-/m00/s1. The molecule has 0 unspecified atom stereocenters. The van der Waals surface area contributed by atoms with E-state index in [-0.39, 0.29) is 87.1 Å². The number of nitrogens with zero attached hydrogens (tertiary/aromatic N) is 7. The number of hydrogen-bond donors (Lipinski definition) is 0. The molecule has 5 aromatic rings. The molecule has 11 rings (SSSR count). The number of rotatable bonds is 15. The maximum absolute atomic E-state index is 14.1. The van der Waals surface area contributed by atoms with Crippen LogP contribution in [0, 0.1) is 35.6 Å². The van der Waals surface area contributed by atoms with Gasteiger partial charge in [-0.1, -0.05) is 18.1 Å². The van der Waals surface area contributed by atoms with Crippen molar-refractivity contribution in [3.63, 3.8) is 0 Å². The van der Waals surface area contributed by atoms with E-state index in [1.165, 1.54) is 60.9 Å². The van der Waals surface area contributed by atoms with Crippen molar-refractivity contribution >= 4 is 43.2 Å². The van der Waals surface area contributed by atoms with Gasteiger partial charge in [0.1, 0.15) is 30.5 Å². The summed E-state index contributed by atoms with van der Waals surface area (Å²) in [6.07, 6.45) is 11.5. The van der Waals surface area contributed by atoms with Crippen molar-refractivity contribution in [2.45, 2.75) is 98.4 Å². The average Bonchev–Trinajstić information content (AvgIpc) is 4.23. The molecule has 0 saturated carbocycles. The Morgan fingerprint density at radius 1 is 0.667 bits per heavy atom. The van der Waals surface area contributed by atoms with E-state index >= 15 is 0 Å². The fourth-order valence-corrected chi connectivity index (χ4v) is 13.9. The predicted molar refractivity (Wildman–Crippen MR) is 270 cm³/mol. The lowest BCUT2D eigenvalue weighted by Crippen LogP contribution is -2.47. The number of ether oxygens (including phenoxy) is 6. The number of halogens is 4. The third-order valence-corrected chi connectivity index (χ3v) is 18.1. The second-order valence-corrected chi connectivity index (χ2v) is 23.0. The van der Waals surface area contributed by atoms with Gasteiger partial charge in [-0.25, -0.2) is 34.4 Å². The smallest absolute Gasteiger partial charge is 0.293 e. The molecule has 0 bridgehead atoms. The van der Waals surface area contributed by atoms with E-state index in [1.54, 1.807) is 16.9 Å². The van der Waals surface area contributed by atoms with Crippen molar-refractivity contribution in [3.8, 4) is 23.8 Å². The number of amides is 2. The van der Waals surface area contributed by atoms with E-state index in [4.69, 9.17) is 34.8 Å². The molecule has 0 aliphatic carbocycles. The number of hydrogen-bond acceptors (Lipinski definition) is 14. The molecule has 7 heterocycles. The third kappa shape index (κ3) is 10.2. The number of carbonyl (C=O) groups excluding carboxylic acids is 2. The maximum Gasteiger partial charge on any atom is 0.293 e. The Balaban J connectivity index is 0.000000179. The quantitative estimate of drug-likeness (QED) is 0.0860. The Morgan fingerprint density at radius 3 is 1.60 bits per heavy atom. The summed E-state index contributed by atoms with van der Waals surface area (Å²) in [5, 5.41) is 8.29. The summed E-state index contributed by atoms with van der Waals surface area (Å²) in [7, 11) is -8.06. The lowest BCUT2D eigenvalue weighted by Gasteiger charge is -2.32. The zero-order valence-corrected chi connectivity index (χ0v) is 44.0. The van der Waals surface area contributed by atoms with Crippen molar-refractivity contribution < 1.29 is 72.4 Å². The summed E-state index contributed by atoms with van der Waals surface area (Å²) in [6, 6.07) is 13.6. The third-order valence-electron chi connectivity index (χ3n) is 14.2. The molecular formula is C53H55F4N7O12S2. The van der Waals surface area contributed by atoms with Crippen LogP contribution in [0.25, 0.3) is 0 Å². The van der Waals surface area contributed by atoms with Gasteiger partial charge in [-0.15, -0.1) is 11.5 Å². The average molecular weight is 1120 g/mol. The molecule has 4 fully saturated rings. The first-order valence-electron chi connectivity index (χ1n) is 25.5. The zero-order chi connectivity index (χ0) is 55.0. The summed E-state index contributed by atoms with van der Waals surface area (Å²) in [5.41, 5.74) is 2.09. The fraction of sp³-hybridized carbons (Fsp3) is 0.434. The Kier molecular flexibility index (Phi) is 15.7. The van der Waals surface area contributed by atoms with Crippen LogP contribution in [-0.4, -0.2) is 124 Å². The minimum absolute atomic E-state index is 0.0160. The Hall–Kier alpha value is -6.50. The van der Waals surface area contributed by atoms with Crippen LogP contribution in [0.4, 0.5) is 28.9 Å². The highest BCUT2D eigenvalue weighted by Gasteiger charge is 2.57. The monoisotopic (exact) mass is 1120 g/mol. The molecule has 4 saturated heterocycles. The van der Waals surface area contributed by atoms with Crippen LogP contribution >= 0.6 is 0 Å². The second kappa shape index (κ2) is 22.3. The van der Waals surface area contributed by atoms with E-state index in [0.717, 1.165) is 18.6 Å². The first-order valence-corrected chi connectivity index (χ1v) is 28.4.